The van der Waals surface area contributed by atoms with Crippen LogP contribution in [0, 0.1) is 11.6 Å². The van der Waals surface area contributed by atoms with E-state index >= 15 is 4.39 Å². The number of likely N-dealkylation sites (tertiary alicyclic amines) is 1. The summed E-state index contributed by atoms with van der Waals surface area (Å²) in [6.07, 6.45) is 1.21. The maximum atomic E-state index is 15.2. The molecule has 4 heterocycles. The fourth-order valence-electron chi connectivity index (χ4n) is 5.81. The number of carbonyl (C=O) groups is 2. The molecule has 1 atom stereocenters. The van der Waals surface area contributed by atoms with Crippen LogP contribution in [0.15, 0.2) is 36.4 Å². The third-order valence-corrected chi connectivity index (χ3v) is 7.98. The van der Waals surface area contributed by atoms with Crippen molar-refractivity contribution >= 4 is 29.3 Å². The monoisotopic (exact) mass is 543 g/mol. The molecule has 3 aliphatic rings. The zero-order valence-electron chi connectivity index (χ0n) is 20.2. The molecule has 3 aliphatic heterocycles. The van der Waals surface area contributed by atoms with E-state index < -0.39 is 28.8 Å². The first kappa shape index (κ1) is 24.7. The van der Waals surface area contributed by atoms with Crippen molar-refractivity contribution in [2.24, 2.45) is 0 Å². The minimum Gasteiger partial charge on any atom is -0.436 e. The number of hydrogen-bond acceptors (Lipinski definition) is 6. The van der Waals surface area contributed by atoms with Crippen LogP contribution in [0.25, 0.3) is 0 Å². The molecule has 2 N–H and O–H groups in total. The van der Waals surface area contributed by atoms with E-state index in [0.29, 0.717) is 51.3 Å². The molecule has 2 aromatic carbocycles. The normalized spacial score (nSPS) is 22.5. The number of rotatable bonds is 3. The van der Waals surface area contributed by atoms with E-state index in [1.54, 1.807) is 12.1 Å². The number of ether oxygens (including phenoxy) is 2. The standard InChI is InChI=1S/C26H24ClF2N5O4/c27-17-6-7-18-19(20(17)29)26(38-24(36)30-18)8-1-11-34(14-26)22(35)21-31-23(33-32-21)25(9-12-37-13-10-25)15-2-4-16(28)5-3-15/h2-7H,1,8-14H2,(H,30,36)(H,31,32,33)/t26-/m0/s1. The molecule has 198 valence electrons. The highest BCUT2D eigenvalue weighted by molar-refractivity contribution is 6.31. The number of nitrogens with one attached hydrogen (secondary N) is 2. The molecule has 12 heteroatoms. The topological polar surface area (TPSA) is 109 Å². The van der Waals surface area contributed by atoms with Crippen molar-refractivity contribution < 1.29 is 27.8 Å². The van der Waals surface area contributed by atoms with Crippen LogP contribution in [0.4, 0.5) is 19.3 Å². The predicted octanol–water partition coefficient (Wildman–Crippen LogP) is 4.53. The van der Waals surface area contributed by atoms with Gasteiger partial charge in [0.1, 0.15) is 11.6 Å². The summed E-state index contributed by atoms with van der Waals surface area (Å²) in [7, 11) is 0. The Balaban J connectivity index is 1.32. The quantitative estimate of drug-likeness (QED) is 0.502. The first-order valence-corrected chi connectivity index (χ1v) is 12.7. The summed E-state index contributed by atoms with van der Waals surface area (Å²) in [5.41, 5.74) is -0.784. The first-order valence-electron chi connectivity index (χ1n) is 12.4. The van der Waals surface area contributed by atoms with Crippen molar-refractivity contribution in [3.05, 3.63) is 75.8 Å². The number of piperidine rings is 1. The first-order chi connectivity index (χ1) is 18.3. The number of carbonyl (C=O) groups excluding carboxylic acids is 2. The average Bonchev–Trinajstić information content (AvgIpc) is 3.42. The van der Waals surface area contributed by atoms with Gasteiger partial charge >= 0.3 is 6.09 Å². The van der Waals surface area contributed by atoms with Gasteiger partial charge in [-0.15, -0.1) is 5.10 Å². The third-order valence-electron chi connectivity index (χ3n) is 7.69. The zero-order chi connectivity index (χ0) is 26.5. The summed E-state index contributed by atoms with van der Waals surface area (Å²) < 4.78 is 40.0. The highest BCUT2D eigenvalue weighted by atomic mass is 35.5. The van der Waals surface area contributed by atoms with Crippen molar-refractivity contribution in [2.45, 2.75) is 36.7 Å². The van der Waals surface area contributed by atoms with E-state index in [0.717, 1.165) is 5.56 Å². The summed E-state index contributed by atoms with van der Waals surface area (Å²) in [5.74, 6) is -1.09. The summed E-state index contributed by atoms with van der Waals surface area (Å²) in [5, 5.41) is 9.56. The molecule has 0 saturated carbocycles. The second kappa shape index (κ2) is 9.32. The molecule has 38 heavy (non-hydrogen) atoms. The summed E-state index contributed by atoms with van der Waals surface area (Å²) in [6.45, 7) is 1.22. The second-order valence-electron chi connectivity index (χ2n) is 9.83. The lowest BCUT2D eigenvalue weighted by Crippen LogP contribution is -2.53. The molecular formula is C26H24ClF2N5O4. The van der Waals surface area contributed by atoms with E-state index in [1.165, 1.54) is 29.2 Å². The maximum absolute atomic E-state index is 15.2. The van der Waals surface area contributed by atoms with Crippen LogP contribution in [-0.4, -0.2) is 58.4 Å². The number of benzene rings is 2. The maximum Gasteiger partial charge on any atom is 0.412 e. The van der Waals surface area contributed by atoms with Gasteiger partial charge in [0.25, 0.3) is 5.91 Å². The Kier molecular flexibility index (Phi) is 6.07. The van der Waals surface area contributed by atoms with E-state index in [2.05, 4.69) is 20.5 Å². The van der Waals surface area contributed by atoms with Gasteiger partial charge < -0.3 is 14.4 Å². The predicted molar refractivity (Wildman–Crippen MR) is 132 cm³/mol. The van der Waals surface area contributed by atoms with Crippen LogP contribution in [-0.2, 0) is 20.5 Å². The Morgan fingerprint density at radius 2 is 1.84 bits per heavy atom. The molecule has 0 radical (unpaired) electrons. The zero-order valence-corrected chi connectivity index (χ0v) is 21.0. The molecule has 2 fully saturated rings. The molecule has 6 rings (SSSR count). The molecule has 1 aromatic heterocycles. The summed E-state index contributed by atoms with van der Waals surface area (Å²) >= 11 is 6.05. The minimum absolute atomic E-state index is 0.0583. The number of amides is 2. The Labute approximate surface area is 221 Å². The lowest BCUT2D eigenvalue weighted by molar-refractivity contribution is -0.0420. The van der Waals surface area contributed by atoms with Crippen LogP contribution >= 0.6 is 11.6 Å². The largest absolute Gasteiger partial charge is 0.436 e. The van der Waals surface area contributed by atoms with E-state index in [4.69, 9.17) is 21.1 Å². The van der Waals surface area contributed by atoms with Gasteiger partial charge in [0.05, 0.1) is 28.2 Å². The van der Waals surface area contributed by atoms with Crippen molar-refractivity contribution in [3.63, 3.8) is 0 Å². The molecule has 2 amide bonds. The second-order valence-corrected chi connectivity index (χ2v) is 10.2. The smallest absolute Gasteiger partial charge is 0.412 e. The molecule has 9 nitrogen and oxygen atoms in total. The third kappa shape index (κ3) is 4.01. The van der Waals surface area contributed by atoms with E-state index in [-0.39, 0.29) is 34.5 Å². The highest BCUT2D eigenvalue weighted by Crippen LogP contribution is 2.45. The van der Waals surface area contributed by atoms with Gasteiger partial charge in [0, 0.05) is 19.8 Å². The van der Waals surface area contributed by atoms with Crippen molar-refractivity contribution in [1.82, 2.24) is 20.1 Å². The van der Waals surface area contributed by atoms with E-state index in [9.17, 15) is 14.0 Å². The molecule has 0 unspecified atom stereocenters. The molecular weight excluding hydrogens is 520 g/mol. The van der Waals surface area contributed by atoms with Crippen molar-refractivity contribution in [2.75, 3.05) is 31.6 Å². The van der Waals surface area contributed by atoms with Crippen LogP contribution in [0.2, 0.25) is 5.02 Å². The van der Waals surface area contributed by atoms with Gasteiger partial charge in [-0.05, 0) is 55.5 Å². The van der Waals surface area contributed by atoms with E-state index in [1.807, 2.05) is 0 Å². The number of fused-ring (bicyclic) bond motifs is 2. The van der Waals surface area contributed by atoms with Gasteiger partial charge in [-0.1, -0.05) is 23.7 Å². The number of aromatic nitrogens is 3. The highest BCUT2D eigenvalue weighted by Gasteiger charge is 2.49. The fraction of sp³-hybridized carbons (Fsp3) is 0.385. The number of aromatic amines is 1. The number of halogens is 3. The Morgan fingerprint density at radius 1 is 1.08 bits per heavy atom. The summed E-state index contributed by atoms with van der Waals surface area (Å²) in [6, 6.07) is 9.10. The number of H-pyrrole nitrogens is 1. The van der Waals surface area contributed by atoms with Gasteiger partial charge in [0.15, 0.2) is 11.4 Å². The lowest BCUT2D eigenvalue weighted by atomic mass is 9.73. The van der Waals surface area contributed by atoms with Crippen LogP contribution in [0.1, 0.15) is 53.3 Å². The Bertz CT molecular complexity index is 1410. The Hall–Kier alpha value is -3.57. The lowest BCUT2D eigenvalue weighted by Gasteiger charge is -2.44. The van der Waals surface area contributed by atoms with Gasteiger partial charge in [-0.3, -0.25) is 15.2 Å². The van der Waals surface area contributed by atoms with Gasteiger partial charge in [-0.2, -0.15) is 0 Å². The summed E-state index contributed by atoms with van der Waals surface area (Å²) in [4.78, 5) is 32.0. The number of hydrogen-bond donors (Lipinski definition) is 2. The molecule has 3 aromatic rings. The van der Waals surface area contributed by atoms with Crippen molar-refractivity contribution in [3.8, 4) is 0 Å². The molecule has 1 spiro atoms. The average molecular weight is 544 g/mol. The molecule has 2 saturated heterocycles. The molecule has 0 aliphatic carbocycles. The SMILES string of the molecule is O=C1Nc2ccc(Cl)c(F)c2[C@@]2(CCCN(C(=O)c3n[nH]c(C4(c5ccc(F)cc5)CCOCC4)n3)C2)O1. The van der Waals surface area contributed by atoms with Crippen LogP contribution in [0.3, 0.4) is 0 Å². The Morgan fingerprint density at radius 3 is 2.61 bits per heavy atom. The number of anilines is 1. The van der Waals surface area contributed by atoms with Gasteiger partial charge in [-0.25, -0.2) is 18.6 Å². The van der Waals surface area contributed by atoms with Crippen LogP contribution in [0.5, 0.6) is 0 Å². The molecule has 0 bridgehead atoms. The fourth-order valence-corrected chi connectivity index (χ4v) is 5.97. The van der Waals surface area contributed by atoms with Gasteiger partial charge in [0.2, 0.25) is 5.82 Å². The van der Waals surface area contributed by atoms with Crippen LogP contribution < -0.4 is 5.32 Å². The minimum atomic E-state index is -1.39. The number of nitrogens with zero attached hydrogens (tertiary/aromatic N) is 3. The van der Waals surface area contributed by atoms with Crippen molar-refractivity contribution in [1.29, 1.82) is 0 Å².